The smallest absolute Gasteiger partial charge is 0.244 e. The van der Waals surface area contributed by atoms with Crippen molar-refractivity contribution < 1.29 is 23.7 Å². The molecule has 1 aliphatic rings. The Kier molecular flexibility index (Phi) is 7.54. The van der Waals surface area contributed by atoms with Gasteiger partial charge in [-0.2, -0.15) is 0 Å². The van der Waals surface area contributed by atoms with Gasteiger partial charge in [0, 0.05) is 24.4 Å². The van der Waals surface area contributed by atoms with Gasteiger partial charge in [0.25, 0.3) is 0 Å². The summed E-state index contributed by atoms with van der Waals surface area (Å²) in [4.78, 5) is 16.7. The van der Waals surface area contributed by atoms with E-state index in [2.05, 4.69) is 10.3 Å². The van der Waals surface area contributed by atoms with E-state index in [4.69, 9.17) is 18.9 Å². The van der Waals surface area contributed by atoms with Crippen molar-refractivity contribution in [2.75, 3.05) is 21.3 Å². The molecule has 1 heterocycles. The van der Waals surface area contributed by atoms with Crippen molar-refractivity contribution in [3.63, 3.8) is 0 Å². The SMILES string of the molecule is COc1cc(/C=C/C(=O)NCc2cccnc2OC2CCCC2)cc(OC)c1OC. The highest BCUT2D eigenvalue weighted by Gasteiger charge is 2.18. The summed E-state index contributed by atoms with van der Waals surface area (Å²) in [6.07, 6.45) is 9.58. The first kappa shape index (κ1) is 21.5. The Morgan fingerprint density at radius 2 is 1.83 bits per heavy atom. The first-order valence-electron chi connectivity index (χ1n) is 10.0. The van der Waals surface area contributed by atoms with Gasteiger partial charge in [0.1, 0.15) is 6.10 Å². The molecule has 3 rings (SSSR count). The quantitative estimate of drug-likeness (QED) is 0.632. The van der Waals surface area contributed by atoms with Gasteiger partial charge in [0.2, 0.25) is 17.5 Å². The van der Waals surface area contributed by atoms with Gasteiger partial charge < -0.3 is 24.3 Å². The fourth-order valence-electron chi connectivity index (χ4n) is 3.44. The lowest BCUT2D eigenvalue weighted by Crippen LogP contribution is -2.22. The van der Waals surface area contributed by atoms with Crippen LogP contribution in [0.2, 0.25) is 0 Å². The van der Waals surface area contributed by atoms with Crippen LogP contribution in [0.25, 0.3) is 6.08 Å². The Balaban J connectivity index is 1.63. The molecule has 7 nitrogen and oxygen atoms in total. The molecule has 0 unspecified atom stereocenters. The predicted molar refractivity (Wildman–Crippen MR) is 114 cm³/mol. The first-order valence-corrected chi connectivity index (χ1v) is 10.0. The lowest BCUT2D eigenvalue weighted by Gasteiger charge is -2.15. The van der Waals surface area contributed by atoms with E-state index in [9.17, 15) is 4.79 Å². The average molecular weight is 412 g/mol. The van der Waals surface area contributed by atoms with Crippen LogP contribution in [0.15, 0.2) is 36.5 Å². The first-order chi connectivity index (χ1) is 14.6. The standard InChI is InChI=1S/C23H28N2O5/c1-27-19-13-16(14-20(28-2)22(19)29-3)10-11-21(26)25-15-17-7-6-12-24-23(17)30-18-8-4-5-9-18/h6-7,10-14,18H,4-5,8-9,15H2,1-3H3,(H,25,26)/b11-10+. The number of benzene rings is 1. The number of carbonyl (C=O) groups is 1. The van der Waals surface area contributed by atoms with E-state index in [1.807, 2.05) is 12.1 Å². The number of ether oxygens (including phenoxy) is 4. The summed E-state index contributed by atoms with van der Waals surface area (Å²) >= 11 is 0. The Labute approximate surface area is 177 Å². The molecule has 1 saturated carbocycles. The van der Waals surface area contributed by atoms with Crippen LogP contribution in [0, 0.1) is 0 Å². The number of nitrogens with one attached hydrogen (secondary N) is 1. The largest absolute Gasteiger partial charge is 0.493 e. The minimum atomic E-state index is -0.223. The van der Waals surface area contributed by atoms with Crippen molar-refractivity contribution in [2.45, 2.75) is 38.3 Å². The fourth-order valence-corrected chi connectivity index (χ4v) is 3.44. The normalized spacial score (nSPS) is 14.0. The number of pyridine rings is 1. The molecule has 0 saturated heterocycles. The molecule has 1 aliphatic carbocycles. The van der Waals surface area contributed by atoms with Crippen molar-refractivity contribution in [1.82, 2.24) is 10.3 Å². The Bertz CT molecular complexity index is 866. The maximum Gasteiger partial charge on any atom is 0.244 e. The highest BCUT2D eigenvalue weighted by Crippen LogP contribution is 2.38. The fraction of sp³-hybridized carbons (Fsp3) is 0.391. The van der Waals surface area contributed by atoms with Gasteiger partial charge in [0.15, 0.2) is 11.5 Å². The van der Waals surface area contributed by atoms with E-state index >= 15 is 0 Å². The molecule has 1 amide bonds. The number of nitrogens with zero attached hydrogens (tertiary/aromatic N) is 1. The number of carbonyl (C=O) groups excluding carboxylic acids is 1. The second-order valence-electron chi connectivity index (χ2n) is 7.00. The van der Waals surface area contributed by atoms with Crippen LogP contribution in [0.1, 0.15) is 36.8 Å². The molecule has 7 heteroatoms. The monoisotopic (exact) mass is 412 g/mol. The summed E-state index contributed by atoms with van der Waals surface area (Å²) in [5.74, 6) is 1.94. The highest BCUT2D eigenvalue weighted by molar-refractivity contribution is 5.91. The van der Waals surface area contributed by atoms with Crippen LogP contribution in [-0.4, -0.2) is 38.3 Å². The number of hydrogen-bond donors (Lipinski definition) is 1. The Morgan fingerprint density at radius 3 is 2.47 bits per heavy atom. The second kappa shape index (κ2) is 10.5. The molecule has 0 aliphatic heterocycles. The van der Waals surface area contributed by atoms with Crippen LogP contribution >= 0.6 is 0 Å². The third-order valence-corrected chi connectivity index (χ3v) is 5.00. The molecule has 0 spiro atoms. The molecular formula is C23H28N2O5. The molecule has 1 aromatic carbocycles. The van der Waals surface area contributed by atoms with Crippen LogP contribution in [-0.2, 0) is 11.3 Å². The van der Waals surface area contributed by atoms with Gasteiger partial charge in [-0.3, -0.25) is 4.79 Å². The molecule has 30 heavy (non-hydrogen) atoms. The van der Waals surface area contributed by atoms with Crippen LogP contribution in [0.5, 0.6) is 23.1 Å². The lowest BCUT2D eigenvalue weighted by atomic mass is 10.1. The number of aromatic nitrogens is 1. The summed E-state index contributed by atoms with van der Waals surface area (Å²) in [6, 6.07) is 7.31. The van der Waals surface area contributed by atoms with Gasteiger partial charge >= 0.3 is 0 Å². The average Bonchev–Trinajstić information content (AvgIpc) is 3.29. The maximum absolute atomic E-state index is 12.3. The topological polar surface area (TPSA) is 78.9 Å². The zero-order chi connectivity index (χ0) is 21.3. The van der Waals surface area contributed by atoms with Crippen molar-refractivity contribution in [2.24, 2.45) is 0 Å². The van der Waals surface area contributed by atoms with Crippen molar-refractivity contribution >= 4 is 12.0 Å². The third-order valence-electron chi connectivity index (χ3n) is 5.00. The van der Waals surface area contributed by atoms with E-state index in [0.717, 1.165) is 24.0 Å². The second-order valence-corrected chi connectivity index (χ2v) is 7.00. The Hall–Kier alpha value is -3.22. The third kappa shape index (κ3) is 5.43. The van der Waals surface area contributed by atoms with Crippen molar-refractivity contribution in [1.29, 1.82) is 0 Å². The van der Waals surface area contributed by atoms with E-state index in [-0.39, 0.29) is 12.0 Å². The molecule has 1 aromatic heterocycles. The molecule has 1 N–H and O–H groups in total. The minimum Gasteiger partial charge on any atom is -0.493 e. The van der Waals surface area contributed by atoms with Crippen molar-refractivity contribution in [3.05, 3.63) is 47.7 Å². The number of methoxy groups -OCH3 is 3. The highest BCUT2D eigenvalue weighted by atomic mass is 16.5. The van der Waals surface area contributed by atoms with Gasteiger partial charge in [-0.25, -0.2) is 4.98 Å². The summed E-state index contributed by atoms with van der Waals surface area (Å²) in [7, 11) is 4.65. The van der Waals surface area contributed by atoms with E-state index in [1.54, 1.807) is 45.7 Å². The molecule has 0 radical (unpaired) electrons. The minimum absolute atomic E-state index is 0.217. The lowest BCUT2D eigenvalue weighted by molar-refractivity contribution is -0.116. The molecular weight excluding hydrogens is 384 g/mol. The Morgan fingerprint density at radius 1 is 1.13 bits per heavy atom. The van der Waals surface area contributed by atoms with Crippen LogP contribution in [0.3, 0.4) is 0 Å². The zero-order valence-corrected chi connectivity index (χ0v) is 17.6. The molecule has 1 fully saturated rings. The van der Waals surface area contributed by atoms with E-state index in [1.165, 1.54) is 18.9 Å². The van der Waals surface area contributed by atoms with Crippen LogP contribution < -0.4 is 24.3 Å². The van der Waals surface area contributed by atoms with Gasteiger partial charge in [-0.05, 0) is 55.5 Å². The molecule has 160 valence electrons. The number of amides is 1. The predicted octanol–water partition coefficient (Wildman–Crippen LogP) is 3.76. The number of hydrogen-bond acceptors (Lipinski definition) is 6. The van der Waals surface area contributed by atoms with E-state index in [0.29, 0.717) is 29.7 Å². The zero-order valence-electron chi connectivity index (χ0n) is 17.6. The van der Waals surface area contributed by atoms with Gasteiger partial charge in [-0.1, -0.05) is 6.07 Å². The number of rotatable bonds is 9. The summed E-state index contributed by atoms with van der Waals surface area (Å²) in [5, 5.41) is 2.88. The van der Waals surface area contributed by atoms with Gasteiger partial charge in [-0.15, -0.1) is 0 Å². The van der Waals surface area contributed by atoms with E-state index < -0.39 is 0 Å². The van der Waals surface area contributed by atoms with Crippen molar-refractivity contribution in [3.8, 4) is 23.1 Å². The summed E-state index contributed by atoms with van der Waals surface area (Å²) in [5.41, 5.74) is 1.62. The van der Waals surface area contributed by atoms with Crippen LogP contribution in [0.4, 0.5) is 0 Å². The maximum atomic E-state index is 12.3. The molecule has 2 aromatic rings. The van der Waals surface area contributed by atoms with Gasteiger partial charge in [0.05, 0.1) is 21.3 Å². The summed E-state index contributed by atoms with van der Waals surface area (Å²) in [6.45, 7) is 0.342. The molecule has 0 bridgehead atoms. The molecule has 0 atom stereocenters. The summed E-state index contributed by atoms with van der Waals surface area (Å²) < 4.78 is 22.0.